The Morgan fingerprint density at radius 1 is 1.71 bits per heavy atom. The maximum Gasteiger partial charge on any atom is 0.317 e. The van der Waals surface area contributed by atoms with Crippen LogP contribution in [0.4, 0.5) is 4.79 Å². The van der Waals surface area contributed by atoms with Crippen LogP contribution in [-0.2, 0) is 4.79 Å². The molecule has 2 amide bonds. The molecule has 0 aromatic rings. The van der Waals surface area contributed by atoms with E-state index in [4.69, 9.17) is 5.11 Å². The zero-order valence-electron chi connectivity index (χ0n) is 8.32. The molecule has 1 saturated heterocycles. The lowest BCUT2D eigenvalue weighted by atomic mass is 10.0. The van der Waals surface area contributed by atoms with Crippen molar-refractivity contribution in [2.45, 2.75) is 19.8 Å². The Labute approximate surface area is 83.1 Å². The molecule has 5 heteroatoms. The molecular weight excluding hydrogens is 184 g/mol. The van der Waals surface area contributed by atoms with Crippen LogP contribution in [0.25, 0.3) is 0 Å². The molecule has 2 N–H and O–H groups in total. The van der Waals surface area contributed by atoms with Gasteiger partial charge in [-0.05, 0) is 6.42 Å². The van der Waals surface area contributed by atoms with Gasteiger partial charge in [0.15, 0.2) is 0 Å². The van der Waals surface area contributed by atoms with Crippen LogP contribution >= 0.6 is 0 Å². The normalized spacial score (nSPS) is 21.9. The van der Waals surface area contributed by atoms with E-state index in [1.54, 1.807) is 4.90 Å². The minimum Gasteiger partial charge on any atom is -0.481 e. The van der Waals surface area contributed by atoms with Crippen LogP contribution in [0.1, 0.15) is 19.8 Å². The van der Waals surface area contributed by atoms with Crippen LogP contribution in [0, 0.1) is 5.92 Å². The van der Waals surface area contributed by atoms with E-state index < -0.39 is 5.97 Å². The highest BCUT2D eigenvalue weighted by molar-refractivity contribution is 5.75. The van der Waals surface area contributed by atoms with E-state index in [1.165, 1.54) is 0 Å². The molecule has 1 aliphatic heterocycles. The van der Waals surface area contributed by atoms with Crippen molar-refractivity contribution in [2.75, 3.05) is 19.6 Å². The second-order valence-electron chi connectivity index (χ2n) is 3.60. The van der Waals surface area contributed by atoms with E-state index in [0.717, 1.165) is 6.42 Å². The third kappa shape index (κ3) is 2.90. The van der Waals surface area contributed by atoms with Gasteiger partial charge in [-0.15, -0.1) is 0 Å². The lowest BCUT2D eigenvalue weighted by molar-refractivity contribution is -0.138. The highest BCUT2D eigenvalue weighted by atomic mass is 16.4. The van der Waals surface area contributed by atoms with Gasteiger partial charge in [0.05, 0.1) is 6.42 Å². The summed E-state index contributed by atoms with van der Waals surface area (Å²) >= 11 is 0. The molecule has 0 aromatic heterocycles. The number of nitrogens with one attached hydrogen (secondary N) is 1. The van der Waals surface area contributed by atoms with Crippen LogP contribution < -0.4 is 5.32 Å². The molecule has 1 aliphatic rings. The fourth-order valence-corrected chi connectivity index (χ4v) is 1.65. The van der Waals surface area contributed by atoms with Crippen LogP contribution in [-0.4, -0.2) is 41.6 Å². The standard InChI is InChI=1S/C9H16N2O3/c1-2-3-11-6-7(4-8(12)13)5-10-9(11)14/h7H,2-6H2,1H3,(H,10,14)(H,12,13). The van der Waals surface area contributed by atoms with Crippen molar-refractivity contribution in [3.63, 3.8) is 0 Å². The Balaban J connectivity index is 2.44. The Hall–Kier alpha value is -1.26. The fraction of sp³-hybridized carbons (Fsp3) is 0.778. The molecule has 0 saturated carbocycles. The number of aliphatic carboxylic acids is 1. The van der Waals surface area contributed by atoms with Crippen molar-refractivity contribution in [3.8, 4) is 0 Å². The number of hydrogen-bond acceptors (Lipinski definition) is 2. The number of carboxylic acids is 1. The highest BCUT2D eigenvalue weighted by Gasteiger charge is 2.25. The molecule has 80 valence electrons. The van der Waals surface area contributed by atoms with Gasteiger partial charge < -0.3 is 15.3 Å². The molecule has 0 radical (unpaired) electrons. The Morgan fingerprint density at radius 2 is 2.43 bits per heavy atom. The molecule has 1 atom stereocenters. The molecule has 1 heterocycles. The van der Waals surface area contributed by atoms with Gasteiger partial charge in [0.25, 0.3) is 0 Å². The number of carboxylic acid groups (broad SMARTS) is 1. The maximum atomic E-state index is 11.3. The Morgan fingerprint density at radius 3 is 3.00 bits per heavy atom. The average molecular weight is 200 g/mol. The molecule has 0 aromatic carbocycles. The van der Waals surface area contributed by atoms with Crippen LogP contribution in [0.2, 0.25) is 0 Å². The van der Waals surface area contributed by atoms with Gasteiger partial charge in [0.1, 0.15) is 0 Å². The van der Waals surface area contributed by atoms with Crippen LogP contribution in [0.3, 0.4) is 0 Å². The first-order valence-electron chi connectivity index (χ1n) is 4.88. The van der Waals surface area contributed by atoms with Gasteiger partial charge >= 0.3 is 12.0 Å². The summed E-state index contributed by atoms with van der Waals surface area (Å²) in [5.41, 5.74) is 0. The number of carbonyl (C=O) groups excluding carboxylic acids is 1. The number of nitrogens with zero attached hydrogens (tertiary/aromatic N) is 1. The molecule has 0 spiro atoms. The van der Waals surface area contributed by atoms with Crippen molar-refractivity contribution in [1.29, 1.82) is 0 Å². The SMILES string of the molecule is CCCN1CC(CC(=O)O)CNC1=O. The van der Waals surface area contributed by atoms with E-state index in [9.17, 15) is 9.59 Å². The number of carbonyl (C=O) groups is 2. The second-order valence-corrected chi connectivity index (χ2v) is 3.60. The van der Waals surface area contributed by atoms with E-state index >= 15 is 0 Å². The molecule has 0 aliphatic carbocycles. The zero-order chi connectivity index (χ0) is 10.6. The first kappa shape index (κ1) is 10.8. The summed E-state index contributed by atoms with van der Waals surface area (Å²) < 4.78 is 0. The smallest absolute Gasteiger partial charge is 0.317 e. The predicted molar refractivity (Wildman–Crippen MR) is 51.0 cm³/mol. The third-order valence-electron chi connectivity index (χ3n) is 2.26. The monoisotopic (exact) mass is 200 g/mol. The average Bonchev–Trinajstić information content (AvgIpc) is 2.10. The molecule has 0 bridgehead atoms. The summed E-state index contributed by atoms with van der Waals surface area (Å²) in [4.78, 5) is 23.4. The van der Waals surface area contributed by atoms with Crippen LogP contribution in [0.15, 0.2) is 0 Å². The van der Waals surface area contributed by atoms with Gasteiger partial charge in [-0.3, -0.25) is 4.79 Å². The van der Waals surface area contributed by atoms with Gasteiger partial charge in [0, 0.05) is 25.6 Å². The largest absolute Gasteiger partial charge is 0.481 e. The summed E-state index contributed by atoms with van der Waals surface area (Å²) in [6.45, 7) is 3.73. The van der Waals surface area contributed by atoms with Gasteiger partial charge in [0.2, 0.25) is 0 Å². The predicted octanol–water partition coefficient (Wildman–Crippen LogP) is 0.512. The lowest BCUT2D eigenvalue weighted by Gasteiger charge is -2.32. The minimum atomic E-state index is -0.803. The van der Waals surface area contributed by atoms with Gasteiger partial charge in [-0.1, -0.05) is 6.92 Å². The van der Waals surface area contributed by atoms with Crippen molar-refractivity contribution < 1.29 is 14.7 Å². The second kappa shape index (κ2) is 4.83. The van der Waals surface area contributed by atoms with Crippen molar-refractivity contribution in [1.82, 2.24) is 10.2 Å². The maximum absolute atomic E-state index is 11.3. The first-order valence-corrected chi connectivity index (χ1v) is 4.88. The summed E-state index contributed by atoms with van der Waals surface area (Å²) in [6.07, 6.45) is 1.02. The van der Waals surface area contributed by atoms with E-state index in [1.807, 2.05) is 6.92 Å². The first-order chi connectivity index (χ1) is 6.63. The van der Waals surface area contributed by atoms with Gasteiger partial charge in [-0.2, -0.15) is 0 Å². The number of hydrogen-bond donors (Lipinski definition) is 2. The van der Waals surface area contributed by atoms with Crippen LogP contribution in [0.5, 0.6) is 0 Å². The summed E-state index contributed by atoms with van der Waals surface area (Å²) in [6, 6.07) is -0.0755. The minimum absolute atomic E-state index is 0.0387. The molecule has 5 nitrogen and oxygen atoms in total. The summed E-state index contributed by atoms with van der Waals surface area (Å²) in [5, 5.41) is 11.3. The Kier molecular flexibility index (Phi) is 3.73. The van der Waals surface area contributed by atoms with E-state index in [2.05, 4.69) is 5.32 Å². The molecule has 1 unspecified atom stereocenters. The van der Waals surface area contributed by atoms with Crippen molar-refractivity contribution in [2.24, 2.45) is 5.92 Å². The lowest BCUT2D eigenvalue weighted by Crippen LogP contribution is -2.51. The van der Waals surface area contributed by atoms with E-state index in [0.29, 0.717) is 19.6 Å². The summed E-state index contributed by atoms with van der Waals surface area (Å²) in [5.74, 6) is -0.764. The van der Waals surface area contributed by atoms with Crippen molar-refractivity contribution in [3.05, 3.63) is 0 Å². The fourth-order valence-electron chi connectivity index (χ4n) is 1.65. The number of amides is 2. The zero-order valence-corrected chi connectivity index (χ0v) is 8.32. The number of urea groups is 1. The van der Waals surface area contributed by atoms with Crippen molar-refractivity contribution >= 4 is 12.0 Å². The Bertz CT molecular complexity index is 230. The molecule has 14 heavy (non-hydrogen) atoms. The third-order valence-corrected chi connectivity index (χ3v) is 2.26. The van der Waals surface area contributed by atoms with Gasteiger partial charge in [-0.25, -0.2) is 4.79 Å². The highest BCUT2D eigenvalue weighted by Crippen LogP contribution is 2.10. The summed E-state index contributed by atoms with van der Waals surface area (Å²) in [7, 11) is 0. The molecule has 1 rings (SSSR count). The topological polar surface area (TPSA) is 69.6 Å². The molecular formula is C9H16N2O3. The number of rotatable bonds is 4. The quantitative estimate of drug-likeness (QED) is 0.694. The van der Waals surface area contributed by atoms with E-state index in [-0.39, 0.29) is 18.4 Å². The molecule has 1 fully saturated rings.